The second-order valence-electron chi connectivity index (χ2n) is 4.88. The molecule has 3 nitrogen and oxygen atoms in total. The summed E-state index contributed by atoms with van der Waals surface area (Å²) < 4.78 is 0. The SMILES string of the molecule is O=c1[nH]c(-c2ccccc2Cl)nc2c1CCCCC2. The first kappa shape index (κ1) is 12.4. The van der Waals surface area contributed by atoms with Crippen LogP contribution in [0, 0.1) is 0 Å². The van der Waals surface area contributed by atoms with Crippen molar-refractivity contribution in [2.75, 3.05) is 0 Å². The Bertz CT molecular complexity index is 663. The number of fused-ring (bicyclic) bond motifs is 1. The average molecular weight is 275 g/mol. The van der Waals surface area contributed by atoms with E-state index in [4.69, 9.17) is 11.6 Å². The molecule has 1 heterocycles. The van der Waals surface area contributed by atoms with Crippen LogP contribution < -0.4 is 5.56 Å². The molecular weight excluding hydrogens is 260 g/mol. The highest BCUT2D eigenvalue weighted by molar-refractivity contribution is 6.33. The topological polar surface area (TPSA) is 45.8 Å². The van der Waals surface area contributed by atoms with E-state index in [0.717, 1.165) is 48.9 Å². The van der Waals surface area contributed by atoms with E-state index in [2.05, 4.69) is 9.97 Å². The molecule has 2 aromatic rings. The predicted molar refractivity (Wildman–Crippen MR) is 76.6 cm³/mol. The van der Waals surface area contributed by atoms with Crippen LogP contribution in [0.4, 0.5) is 0 Å². The van der Waals surface area contributed by atoms with Gasteiger partial charge in [0.05, 0.1) is 10.7 Å². The first-order chi connectivity index (χ1) is 9.25. The van der Waals surface area contributed by atoms with E-state index in [9.17, 15) is 4.79 Å². The van der Waals surface area contributed by atoms with Crippen molar-refractivity contribution in [2.24, 2.45) is 0 Å². The number of halogens is 1. The van der Waals surface area contributed by atoms with Crippen LogP contribution in [0.5, 0.6) is 0 Å². The molecule has 0 aliphatic heterocycles. The lowest BCUT2D eigenvalue weighted by Gasteiger charge is -2.08. The lowest BCUT2D eigenvalue weighted by Crippen LogP contribution is -2.18. The van der Waals surface area contributed by atoms with Crippen molar-refractivity contribution in [3.63, 3.8) is 0 Å². The molecule has 0 amide bonds. The molecule has 1 N–H and O–H groups in total. The number of rotatable bonds is 1. The number of benzene rings is 1. The molecule has 0 bridgehead atoms. The van der Waals surface area contributed by atoms with Gasteiger partial charge in [-0.2, -0.15) is 0 Å². The standard InChI is InChI=1S/C15H15ClN2O/c16-12-8-5-4-6-10(12)14-17-13-9-3-1-2-7-11(13)15(19)18-14/h4-6,8H,1-3,7,9H2,(H,17,18,19). The summed E-state index contributed by atoms with van der Waals surface area (Å²) in [6.07, 6.45) is 5.06. The van der Waals surface area contributed by atoms with E-state index >= 15 is 0 Å². The fraction of sp³-hybridized carbons (Fsp3) is 0.333. The highest BCUT2D eigenvalue weighted by atomic mass is 35.5. The molecule has 0 saturated heterocycles. The zero-order chi connectivity index (χ0) is 13.2. The number of aromatic amines is 1. The average Bonchev–Trinajstić information content (AvgIpc) is 2.65. The Kier molecular flexibility index (Phi) is 3.38. The molecule has 0 saturated carbocycles. The number of aromatic nitrogens is 2. The van der Waals surface area contributed by atoms with Crippen molar-refractivity contribution >= 4 is 11.6 Å². The van der Waals surface area contributed by atoms with Gasteiger partial charge in [0.1, 0.15) is 5.82 Å². The van der Waals surface area contributed by atoms with E-state index < -0.39 is 0 Å². The molecule has 1 aliphatic carbocycles. The number of nitrogens with one attached hydrogen (secondary N) is 1. The van der Waals surface area contributed by atoms with Crippen molar-refractivity contribution in [1.29, 1.82) is 0 Å². The van der Waals surface area contributed by atoms with Gasteiger partial charge in [0, 0.05) is 11.1 Å². The third-order valence-corrected chi connectivity index (χ3v) is 3.90. The van der Waals surface area contributed by atoms with Gasteiger partial charge in [0.15, 0.2) is 0 Å². The molecule has 3 rings (SSSR count). The molecule has 19 heavy (non-hydrogen) atoms. The Morgan fingerprint density at radius 3 is 2.74 bits per heavy atom. The second kappa shape index (κ2) is 5.17. The highest BCUT2D eigenvalue weighted by Crippen LogP contribution is 2.25. The van der Waals surface area contributed by atoms with Crippen LogP contribution in [0.25, 0.3) is 11.4 Å². The molecule has 4 heteroatoms. The van der Waals surface area contributed by atoms with Gasteiger partial charge in [-0.1, -0.05) is 30.2 Å². The van der Waals surface area contributed by atoms with Gasteiger partial charge in [0.2, 0.25) is 0 Å². The van der Waals surface area contributed by atoms with Crippen LogP contribution in [-0.4, -0.2) is 9.97 Å². The summed E-state index contributed by atoms with van der Waals surface area (Å²) >= 11 is 6.16. The number of hydrogen-bond donors (Lipinski definition) is 1. The summed E-state index contributed by atoms with van der Waals surface area (Å²) in [5, 5.41) is 0.610. The van der Waals surface area contributed by atoms with Crippen molar-refractivity contribution in [1.82, 2.24) is 9.97 Å². The number of nitrogens with zero attached hydrogens (tertiary/aromatic N) is 1. The molecule has 1 aliphatic rings. The van der Waals surface area contributed by atoms with Gasteiger partial charge >= 0.3 is 0 Å². The molecule has 0 unspecified atom stereocenters. The molecule has 0 atom stereocenters. The highest BCUT2D eigenvalue weighted by Gasteiger charge is 2.15. The monoisotopic (exact) mass is 274 g/mol. The minimum atomic E-state index is -0.0122. The normalized spacial score (nSPS) is 14.8. The summed E-state index contributed by atoms with van der Waals surface area (Å²) in [6, 6.07) is 7.45. The Morgan fingerprint density at radius 1 is 1.11 bits per heavy atom. The molecular formula is C15H15ClN2O. The molecule has 0 radical (unpaired) electrons. The molecule has 0 spiro atoms. The van der Waals surface area contributed by atoms with Crippen LogP contribution in [0.15, 0.2) is 29.1 Å². The lowest BCUT2D eigenvalue weighted by atomic mass is 10.1. The van der Waals surface area contributed by atoms with Crippen molar-refractivity contribution in [3.05, 3.63) is 50.9 Å². The van der Waals surface area contributed by atoms with Gasteiger partial charge in [-0.05, 0) is 37.8 Å². The second-order valence-corrected chi connectivity index (χ2v) is 5.29. The zero-order valence-electron chi connectivity index (χ0n) is 10.6. The van der Waals surface area contributed by atoms with Gasteiger partial charge in [0.25, 0.3) is 5.56 Å². The van der Waals surface area contributed by atoms with Crippen LogP contribution >= 0.6 is 11.6 Å². The Balaban J connectivity index is 2.15. The van der Waals surface area contributed by atoms with Crippen LogP contribution in [0.2, 0.25) is 5.02 Å². The quantitative estimate of drug-likeness (QED) is 0.811. The minimum absolute atomic E-state index is 0.0122. The molecule has 1 aromatic heterocycles. The first-order valence-corrected chi connectivity index (χ1v) is 7.00. The van der Waals surface area contributed by atoms with Crippen molar-refractivity contribution in [2.45, 2.75) is 32.1 Å². The Morgan fingerprint density at radius 2 is 1.89 bits per heavy atom. The summed E-state index contributed by atoms with van der Waals surface area (Å²) in [5.41, 5.74) is 2.57. The van der Waals surface area contributed by atoms with Gasteiger partial charge < -0.3 is 4.98 Å². The Labute approximate surface area is 116 Å². The Hall–Kier alpha value is -1.61. The molecule has 0 fully saturated rings. The lowest BCUT2D eigenvalue weighted by molar-refractivity contribution is 0.708. The largest absolute Gasteiger partial charge is 0.306 e. The fourth-order valence-electron chi connectivity index (χ4n) is 2.56. The van der Waals surface area contributed by atoms with E-state index in [1.807, 2.05) is 24.3 Å². The predicted octanol–water partition coefficient (Wildman–Crippen LogP) is 3.36. The summed E-state index contributed by atoms with van der Waals surface area (Å²) in [4.78, 5) is 19.7. The van der Waals surface area contributed by atoms with Gasteiger partial charge in [-0.3, -0.25) is 4.79 Å². The minimum Gasteiger partial charge on any atom is -0.306 e. The van der Waals surface area contributed by atoms with E-state index in [1.165, 1.54) is 0 Å². The van der Waals surface area contributed by atoms with Crippen molar-refractivity contribution < 1.29 is 0 Å². The molecule has 98 valence electrons. The maximum Gasteiger partial charge on any atom is 0.254 e. The molecule has 1 aromatic carbocycles. The van der Waals surface area contributed by atoms with Crippen molar-refractivity contribution in [3.8, 4) is 11.4 Å². The summed E-state index contributed by atoms with van der Waals surface area (Å²) in [5.74, 6) is 0.580. The number of aryl methyl sites for hydroxylation is 1. The summed E-state index contributed by atoms with van der Waals surface area (Å²) in [6.45, 7) is 0. The third-order valence-electron chi connectivity index (χ3n) is 3.57. The zero-order valence-corrected chi connectivity index (χ0v) is 11.3. The third kappa shape index (κ3) is 2.43. The first-order valence-electron chi connectivity index (χ1n) is 6.62. The fourth-order valence-corrected chi connectivity index (χ4v) is 2.79. The maximum absolute atomic E-state index is 12.2. The van der Waals surface area contributed by atoms with E-state index in [1.54, 1.807) is 0 Å². The van der Waals surface area contributed by atoms with Gasteiger partial charge in [-0.15, -0.1) is 0 Å². The number of hydrogen-bond acceptors (Lipinski definition) is 2. The van der Waals surface area contributed by atoms with Crippen LogP contribution in [-0.2, 0) is 12.8 Å². The van der Waals surface area contributed by atoms with E-state index in [0.29, 0.717) is 10.8 Å². The smallest absolute Gasteiger partial charge is 0.254 e. The van der Waals surface area contributed by atoms with E-state index in [-0.39, 0.29) is 5.56 Å². The number of H-pyrrole nitrogens is 1. The van der Waals surface area contributed by atoms with Crippen LogP contribution in [0.1, 0.15) is 30.5 Å². The maximum atomic E-state index is 12.2. The van der Waals surface area contributed by atoms with Gasteiger partial charge in [-0.25, -0.2) is 4.98 Å². The van der Waals surface area contributed by atoms with Crippen LogP contribution in [0.3, 0.4) is 0 Å². The summed E-state index contributed by atoms with van der Waals surface area (Å²) in [7, 11) is 0.